The van der Waals surface area contributed by atoms with Crippen LogP contribution in [0, 0.1) is 6.92 Å². The van der Waals surface area contributed by atoms with Gasteiger partial charge in [-0.1, -0.05) is 17.7 Å². The molecule has 2 heterocycles. The highest BCUT2D eigenvalue weighted by Crippen LogP contribution is 2.16. The van der Waals surface area contributed by atoms with Gasteiger partial charge >= 0.3 is 0 Å². The molecule has 0 unspecified atom stereocenters. The van der Waals surface area contributed by atoms with E-state index in [0.29, 0.717) is 12.2 Å². The van der Waals surface area contributed by atoms with Crippen LogP contribution < -0.4 is 5.32 Å². The number of benzene rings is 1. The van der Waals surface area contributed by atoms with Gasteiger partial charge in [0.2, 0.25) is 0 Å². The molecule has 0 spiro atoms. The number of carbonyl (C=O) groups is 1. The zero-order chi connectivity index (χ0) is 13.9. The molecular weight excluding hydrogens is 250 g/mol. The monoisotopic (exact) mass is 265 g/mol. The fraction of sp³-hybridized carbons (Fsp3) is 0.125. The van der Waals surface area contributed by atoms with Crippen molar-refractivity contribution in [3.63, 3.8) is 0 Å². The van der Waals surface area contributed by atoms with Crippen molar-refractivity contribution in [3.8, 4) is 0 Å². The molecule has 2 aromatic heterocycles. The van der Waals surface area contributed by atoms with Crippen molar-refractivity contribution in [1.29, 1.82) is 0 Å². The normalized spacial score (nSPS) is 10.7. The molecular formula is C16H15N3O. The van der Waals surface area contributed by atoms with E-state index in [-0.39, 0.29) is 5.91 Å². The van der Waals surface area contributed by atoms with Crippen molar-refractivity contribution >= 4 is 16.8 Å². The van der Waals surface area contributed by atoms with Gasteiger partial charge < -0.3 is 10.3 Å². The van der Waals surface area contributed by atoms with E-state index in [0.717, 1.165) is 16.6 Å². The number of carbonyl (C=O) groups excluding carboxylic acids is 1. The number of amides is 1. The highest BCUT2D eigenvalue weighted by atomic mass is 16.1. The standard InChI is InChI=1S/C16H15N3O/c1-11-5-6-14-12(8-11)9-15(19-14)16(20)18-10-13-4-2-3-7-17-13/h2-9,19H,10H2,1H3,(H,18,20). The van der Waals surface area contributed by atoms with E-state index in [1.54, 1.807) is 6.20 Å². The molecule has 3 aromatic rings. The van der Waals surface area contributed by atoms with Crippen molar-refractivity contribution in [1.82, 2.24) is 15.3 Å². The van der Waals surface area contributed by atoms with Gasteiger partial charge in [-0.15, -0.1) is 0 Å². The van der Waals surface area contributed by atoms with E-state index in [1.807, 2.05) is 43.3 Å². The zero-order valence-corrected chi connectivity index (χ0v) is 11.2. The topological polar surface area (TPSA) is 57.8 Å². The Hall–Kier alpha value is -2.62. The number of pyridine rings is 1. The number of hydrogen-bond acceptors (Lipinski definition) is 2. The number of fused-ring (bicyclic) bond motifs is 1. The fourth-order valence-electron chi connectivity index (χ4n) is 2.14. The molecule has 0 radical (unpaired) electrons. The summed E-state index contributed by atoms with van der Waals surface area (Å²) in [5.41, 5.74) is 3.56. The van der Waals surface area contributed by atoms with Gasteiger partial charge in [-0.25, -0.2) is 0 Å². The summed E-state index contributed by atoms with van der Waals surface area (Å²) in [6.45, 7) is 2.46. The van der Waals surface area contributed by atoms with Gasteiger partial charge in [0.1, 0.15) is 5.69 Å². The molecule has 0 atom stereocenters. The lowest BCUT2D eigenvalue weighted by atomic mass is 10.2. The van der Waals surface area contributed by atoms with Crippen molar-refractivity contribution < 1.29 is 4.79 Å². The lowest BCUT2D eigenvalue weighted by Gasteiger charge is -2.02. The first-order valence-electron chi connectivity index (χ1n) is 6.50. The first kappa shape index (κ1) is 12.4. The molecule has 3 rings (SSSR count). The van der Waals surface area contributed by atoms with Crippen LogP contribution in [0.3, 0.4) is 0 Å². The predicted octanol–water partition coefficient (Wildman–Crippen LogP) is 2.80. The van der Waals surface area contributed by atoms with Crippen LogP contribution >= 0.6 is 0 Å². The van der Waals surface area contributed by atoms with Gasteiger partial charge in [0, 0.05) is 17.1 Å². The zero-order valence-electron chi connectivity index (χ0n) is 11.2. The summed E-state index contributed by atoms with van der Waals surface area (Å²) in [5, 5.41) is 3.91. The van der Waals surface area contributed by atoms with Crippen LogP contribution in [-0.2, 0) is 6.54 Å². The van der Waals surface area contributed by atoms with Gasteiger partial charge in [-0.05, 0) is 37.3 Å². The van der Waals surface area contributed by atoms with Crippen LogP contribution in [0.4, 0.5) is 0 Å². The second kappa shape index (κ2) is 5.17. The number of aromatic amines is 1. The summed E-state index contributed by atoms with van der Waals surface area (Å²) >= 11 is 0. The van der Waals surface area contributed by atoms with Crippen molar-refractivity contribution in [2.75, 3.05) is 0 Å². The average Bonchev–Trinajstić information content (AvgIpc) is 2.89. The third-order valence-corrected chi connectivity index (χ3v) is 3.18. The number of rotatable bonds is 3. The van der Waals surface area contributed by atoms with E-state index in [9.17, 15) is 4.79 Å². The minimum absolute atomic E-state index is 0.121. The lowest BCUT2D eigenvalue weighted by Crippen LogP contribution is -2.23. The second-order valence-electron chi connectivity index (χ2n) is 4.78. The molecule has 1 aromatic carbocycles. The molecule has 100 valence electrons. The summed E-state index contributed by atoms with van der Waals surface area (Å²) in [7, 11) is 0. The lowest BCUT2D eigenvalue weighted by molar-refractivity contribution is 0.0946. The van der Waals surface area contributed by atoms with Crippen LogP contribution in [0.5, 0.6) is 0 Å². The predicted molar refractivity (Wildman–Crippen MR) is 78.4 cm³/mol. The Bertz CT molecular complexity index is 747. The van der Waals surface area contributed by atoms with Crippen molar-refractivity contribution in [2.24, 2.45) is 0 Å². The van der Waals surface area contributed by atoms with E-state index < -0.39 is 0 Å². The molecule has 0 aliphatic carbocycles. The molecule has 1 amide bonds. The Morgan fingerprint density at radius 1 is 1.25 bits per heavy atom. The average molecular weight is 265 g/mol. The van der Waals surface area contributed by atoms with E-state index in [2.05, 4.69) is 21.4 Å². The first-order chi connectivity index (χ1) is 9.72. The number of aromatic nitrogens is 2. The number of nitrogens with zero attached hydrogens (tertiary/aromatic N) is 1. The molecule has 0 aliphatic rings. The van der Waals surface area contributed by atoms with Crippen molar-refractivity contribution in [2.45, 2.75) is 13.5 Å². The maximum atomic E-state index is 12.1. The van der Waals surface area contributed by atoms with Gasteiger partial charge in [0.15, 0.2) is 0 Å². The quantitative estimate of drug-likeness (QED) is 0.765. The molecule has 0 bridgehead atoms. The SMILES string of the molecule is Cc1ccc2[nH]c(C(=O)NCc3ccccn3)cc2c1. The van der Waals surface area contributed by atoms with E-state index >= 15 is 0 Å². The Balaban J connectivity index is 1.75. The molecule has 0 aliphatic heterocycles. The maximum Gasteiger partial charge on any atom is 0.268 e. The largest absolute Gasteiger partial charge is 0.351 e. The summed E-state index contributed by atoms with van der Waals surface area (Å²) in [6, 6.07) is 13.6. The van der Waals surface area contributed by atoms with Crippen LogP contribution in [0.25, 0.3) is 10.9 Å². The van der Waals surface area contributed by atoms with Crippen LogP contribution in [0.1, 0.15) is 21.7 Å². The summed E-state index contributed by atoms with van der Waals surface area (Å²) < 4.78 is 0. The fourth-order valence-corrected chi connectivity index (χ4v) is 2.14. The van der Waals surface area contributed by atoms with Gasteiger partial charge in [-0.3, -0.25) is 9.78 Å². The van der Waals surface area contributed by atoms with Crippen LogP contribution in [0.15, 0.2) is 48.7 Å². The Kier molecular flexibility index (Phi) is 3.21. The minimum Gasteiger partial charge on any atom is -0.351 e. The second-order valence-corrected chi connectivity index (χ2v) is 4.78. The third-order valence-electron chi connectivity index (χ3n) is 3.18. The maximum absolute atomic E-state index is 12.1. The third kappa shape index (κ3) is 2.54. The number of hydrogen-bond donors (Lipinski definition) is 2. The molecule has 0 saturated carbocycles. The van der Waals surface area contributed by atoms with Gasteiger partial charge in [0.05, 0.1) is 12.2 Å². The first-order valence-corrected chi connectivity index (χ1v) is 6.50. The number of nitrogens with one attached hydrogen (secondary N) is 2. The highest BCUT2D eigenvalue weighted by Gasteiger charge is 2.09. The minimum atomic E-state index is -0.121. The summed E-state index contributed by atoms with van der Waals surface area (Å²) in [4.78, 5) is 19.4. The highest BCUT2D eigenvalue weighted by molar-refractivity contribution is 5.98. The Morgan fingerprint density at radius 3 is 2.95 bits per heavy atom. The Morgan fingerprint density at radius 2 is 2.15 bits per heavy atom. The van der Waals surface area contributed by atoms with Gasteiger partial charge in [-0.2, -0.15) is 0 Å². The van der Waals surface area contributed by atoms with Crippen LogP contribution in [0.2, 0.25) is 0 Å². The molecule has 0 fully saturated rings. The Labute approximate surface area is 116 Å². The number of H-pyrrole nitrogens is 1. The molecule has 4 nitrogen and oxygen atoms in total. The van der Waals surface area contributed by atoms with Crippen molar-refractivity contribution in [3.05, 3.63) is 65.6 Å². The van der Waals surface area contributed by atoms with Crippen LogP contribution in [-0.4, -0.2) is 15.9 Å². The van der Waals surface area contributed by atoms with E-state index in [4.69, 9.17) is 0 Å². The molecule has 0 saturated heterocycles. The molecule has 2 N–H and O–H groups in total. The molecule has 4 heteroatoms. The van der Waals surface area contributed by atoms with E-state index in [1.165, 1.54) is 5.56 Å². The summed E-state index contributed by atoms with van der Waals surface area (Å²) in [6.07, 6.45) is 1.72. The number of aryl methyl sites for hydroxylation is 1. The molecule has 20 heavy (non-hydrogen) atoms. The smallest absolute Gasteiger partial charge is 0.268 e. The summed E-state index contributed by atoms with van der Waals surface area (Å²) in [5.74, 6) is -0.121. The van der Waals surface area contributed by atoms with Gasteiger partial charge in [0.25, 0.3) is 5.91 Å².